The normalized spacial score (nSPS) is 16.6. The van der Waals surface area contributed by atoms with Crippen LogP contribution in [-0.4, -0.2) is 12.4 Å². The molecule has 0 unspecified atom stereocenters. The van der Waals surface area contributed by atoms with Gasteiger partial charge in [-0.2, -0.15) is 0 Å². The van der Waals surface area contributed by atoms with Crippen LogP contribution in [0.15, 0.2) is 53.5 Å². The average molecular weight is 265 g/mol. The lowest BCUT2D eigenvalue weighted by atomic mass is 9.85. The maximum absolute atomic E-state index is 6.18. The molecule has 0 fully saturated rings. The van der Waals surface area contributed by atoms with Crippen LogP contribution in [0, 0.1) is 13.8 Å². The van der Waals surface area contributed by atoms with Crippen molar-refractivity contribution in [2.24, 2.45) is 4.99 Å². The molecule has 3 rings (SSSR count). The molecule has 0 saturated heterocycles. The highest BCUT2D eigenvalue weighted by Gasteiger charge is 2.40. The first-order chi connectivity index (χ1) is 9.60. The molecule has 0 amide bonds. The molecule has 0 N–H and O–H groups in total. The van der Waals surface area contributed by atoms with E-state index in [1.165, 1.54) is 22.3 Å². The lowest BCUT2D eigenvalue weighted by molar-refractivity contribution is 0.130. The fourth-order valence-electron chi connectivity index (χ4n) is 2.80. The van der Waals surface area contributed by atoms with Crippen molar-refractivity contribution in [1.29, 1.82) is 0 Å². The number of rotatable bonds is 2. The van der Waals surface area contributed by atoms with Gasteiger partial charge in [-0.15, -0.1) is 0 Å². The van der Waals surface area contributed by atoms with Crippen LogP contribution in [0.5, 0.6) is 0 Å². The first-order valence-electron chi connectivity index (χ1n) is 6.94. The first kappa shape index (κ1) is 12.9. The van der Waals surface area contributed by atoms with Gasteiger partial charge in [0.05, 0.1) is 6.54 Å². The van der Waals surface area contributed by atoms with E-state index >= 15 is 0 Å². The monoisotopic (exact) mass is 265 g/mol. The van der Waals surface area contributed by atoms with E-state index in [4.69, 9.17) is 4.74 Å². The Morgan fingerprint density at radius 2 is 1.45 bits per heavy atom. The molecule has 0 aromatic heterocycles. The minimum atomic E-state index is -0.470. The first-order valence-corrected chi connectivity index (χ1v) is 6.94. The SMILES string of the molecule is CC1=NCC(c2cccc(C)c2)(c2cccc(C)c2)O1. The summed E-state index contributed by atoms with van der Waals surface area (Å²) >= 11 is 0. The van der Waals surface area contributed by atoms with E-state index in [0.717, 1.165) is 5.90 Å². The van der Waals surface area contributed by atoms with Crippen LogP contribution < -0.4 is 0 Å². The second kappa shape index (κ2) is 4.78. The van der Waals surface area contributed by atoms with Crippen LogP contribution in [0.4, 0.5) is 0 Å². The number of hydrogen-bond acceptors (Lipinski definition) is 2. The Morgan fingerprint density at radius 3 is 1.85 bits per heavy atom. The van der Waals surface area contributed by atoms with Crippen LogP contribution in [0.3, 0.4) is 0 Å². The molecule has 2 aromatic rings. The Bertz CT molecular complexity index is 627. The molecule has 0 atom stereocenters. The summed E-state index contributed by atoms with van der Waals surface area (Å²) in [5, 5.41) is 0. The van der Waals surface area contributed by atoms with Crippen LogP contribution in [0.1, 0.15) is 29.2 Å². The Balaban J connectivity index is 2.16. The number of hydrogen-bond donors (Lipinski definition) is 0. The number of benzene rings is 2. The summed E-state index contributed by atoms with van der Waals surface area (Å²) in [5.41, 5.74) is 4.35. The number of aliphatic imine (C=N–C) groups is 1. The minimum Gasteiger partial charge on any atom is -0.463 e. The average Bonchev–Trinajstić information content (AvgIpc) is 2.82. The molecule has 1 aliphatic heterocycles. The van der Waals surface area contributed by atoms with Gasteiger partial charge in [0.25, 0.3) is 0 Å². The Hall–Kier alpha value is -2.09. The Labute approximate surface area is 120 Å². The maximum Gasteiger partial charge on any atom is 0.181 e. The topological polar surface area (TPSA) is 21.6 Å². The number of nitrogens with zero attached hydrogens (tertiary/aromatic N) is 1. The van der Waals surface area contributed by atoms with Crippen molar-refractivity contribution in [1.82, 2.24) is 0 Å². The van der Waals surface area contributed by atoms with Gasteiger partial charge in [-0.3, -0.25) is 4.99 Å². The number of aryl methyl sites for hydroxylation is 2. The maximum atomic E-state index is 6.18. The zero-order chi connectivity index (χ0) is 14.2. The van der Waals surface area contributed by atoms with E-state index in [9.17, 15) is 0 Å². The van der Waals surface area contributed by atoms with Gasteiger partial charge < -0.3 is 4.74 Å². The number of ether oxygens (including phenoxy) is 1. The molecule has 102 valence electrons. The smallest absolute Gasteiger partial charge is 0.181 e. The second-order valence-corrected chi connectivity index (χ2v) is 5.50. The largest absolute Gasteiger partial charge is 0.463 e. The summed E-state index contributed by atoms with van der Waals surface area (Å²) in [6.45, 7) is 6.78. The molecular formula is C18H19NO. The summed E-state index contributed by atoms with van der Waals surface area (Å²) in [6, 6.07) is 17.0. The van der Waals surface area contributed by atoms with Gasteiger partial charge in [0, 0.05) is 18.1 Å². The highest BCUT2D eigenvalue weighted by atomic mass is 16.5. The van der Waals surface area contributed by atoms with Crippen molar-refractivity contribution in [3.63, 3.8) is 0 Å². The molecule has 2 heteroatoms. The quantitative estimate of drug-likeness (QED) is 0.804. The predicted molar refractivity (Wildman–Crippen MR) is 82.2 cm³/mol. The van der Waals surface area contributed by atoms with Gasteiger partial charge in [0.15, 0.2) is 11.5 Å². The lowest BCUT2D eigenvalue weighted by Gasteiger charge is -2.30. The van der Waals surface area contributed by atoms with Gasteiger partial charge in [0.2, 0.25) is 0 Å². The third kappa shape index (κ3) is 2.11. The molecule has 20 heavy (non-hydrogen) atoms. The van der Waals surface area contributed by atoms with Crippen molar-refractivity contribution in [3.8, 4) is 0 Å². The van der Waals surface area contributed by atoms with E-state index < -0.39 is 5.60 Å². The summed E-state index contributed by atoms with van der Waals surface area (Å²) < 4.78 is 6.18. The van der Waals surface area contributed by atoms with E-state index in [1.54, 1.807) is 0 Å². The minimum absolute atomic E-state index is 0.470. The molecule has 0 saturated carbocycles. The van der Waals surface area contributed by atoms with Gasteiger partial charge in [-0.05, 0) is 13.8 Å². The van der Waals surface area contributed by atoms with E-state index in [0.29, 0.717) is 6.54 Å². The molecule has 0 bridgehead atoms. The van der Waals surface area contributed by atoms with Gasteiger partial charge in [0.1, 0.15) is 0 Å². The van der Waals surface area contributed by atoms with E-state index in [1.807, 2.05) is 6.92 Å². The Kier molecular flexibility index (Phi) is 3.09. The third-order valence-electron chi connectivity index (χ3n) is 3.82. The van der Waals surface area contributed by atoms with Crippen molar-refractivity contribution >= 4 is 5.90 Å². The van der Waals surface area contributed by atoms with E-state index in [2.05, 4.69) is 67.4 Å². The molecule has 1 aliphatic rings. The molecule has 1 heterocycles. The predicted octanol–water partition coefficient (Wildman–Crippen LogP) is 4.00. The van der Waals surface area contributed by atoms with E-state index in [-0.39, 0.29) is 0 Å². The highest BCUT2D eigenvalue weighted by molar-refractivity contribution is 5.76. The van der Waals surface area contributed by atoms with Crippen molar-refractivity contribution in [2.75, 3.05) is 6.54 Å². The van der Waals surface area contributed by atoms with Crippen LogP contribution >= 0.6 is 0 Å². The molecule has 2 nitrogen and oxygen atoms in total. The lowest BCUT2D eigenvalue weighted by Crippen LogP contribution is -2.31. The summed E-state index contributed by atoms with van der Waals surface area (Å²) in [5.74, 6) is 0.757. The molecular weight excluding hydrogens is 246 g/mol. The van der Waals surface area contributed by atoms with Gasteiger partial charge in [-0.25, -0.2) is 0 Å². The third-order valence-corrected chi connectivity index (χ3v) is 3.82. The van der Waals surface area contributed by atoms with Crippen molar-refractivity contribution in [3.05, 3.63) is 70.8 Å². The fourth-order valence-corrected chi connectivity index (χ4v) is 2.80. The van der Waals surface area contributed by atoms with Crippen LogP contribution in [0.2, 0.25) is 0 Å². The highest BCUT2D eigenvalue weighted by Crippen LogP contribution is 2.38. The zero-order valence-electron chi connectivity index (χ0n) is 12.2. The van der Waals surface area contributed by atoms with Crippen LogP contribution in [0.25, 0.3) is 0 Å². The molecule has 0 spiro atoms. The standard InChI is InChI=1S/C18H19NO/c1-13-6-4-8-16(10-13)18(12-19-15(3)20-18)17-9-5-7-14(2)11-17/h4-11H,12H2,1-3H3. The molecule has 0 radical (unpaired) electrons. The summed E-state index contributed by atoms with van der Waals surface area (Å²) in [4.78, 5) is 4.50. The summed E-state index contributed by atoms with van der Waals surface area (Å²) in [7, 11) is 0. The Morgan fingerprint density at radius 1 is 0.900 bits per heavy atom. The molecule has 2 aromatic carbocycles. The van der Waals surface area contributed by atoms with Crippen molar-refractivity contribution in [2.45, 2.75) is 26.4 Å². The summed E-state index contributed by atoms with van der Waals surface area (Å²) in [6.07, 6.45) is 0. The molecule has 0 aliphatic carbocycles. The zero-order valence-corrected chi connectivity index (χ0v) is 12.2. The van der Waals surface area contributed by atoms with Gasteiger partial charge in [-0.1, -0.05) is 59.7 Å². The van der Waals surface area contributed by atoms with Crippen LogP contribution in [-0.2, 0) is 10.3 Å². The second-order valence-electron chi connectivity index (χ2n) is 5.50. The van der Waals surface area contributed by atoms with Gasteiger partial charge >= 0.3 is 0 Å². The van der Waals surface area contributed by atoms with Crippen molar-refractivity contribution < 1.29 is 4.74 Å². The fraction of sp³-hybridized carbons (Fsp3) is 0.278.